The number of rotatable bonds is 8. The van der Waals surface area contributed by atoms with Crippen molar-refractivity contribution in [1.82, 2.24) is 4.72 Å². The van der Waals surface area contributed by atoms with Gasteiger partial charge in [0.25, 0.3) is 0 Å². The fourth-order valence-corrected chi connectivity index (χ4v) is 3.79. The highest BCUT2D eigenvalue weighted by Crippen LogP contribution is 2.21. The third-order valence-corrected chi connectivity index (χ3v) is 5.51. The lowest BCUT2D eigenvalue weighted by Gasteiger charge is -2.12. The minimum Gasteiger partial charge on any atom is -0.478 e. The van der Waals surface area contributed by atoms with E-state index in [0.29, 0.717) is 17.7 Å². The Morgan fingerprint density at radius 3 is 2.52 bits per heavy atom. The molecule has 0 amide bonds. The Labute approximate surface area is 130 Å². The summed E-state index contributed by atoms with van der Waals surface area (Å²) in [6.07, 6.45) is 3.71. The van der Waals surface area contributed by atoms with Crippen molar-refractivity contribution in [3.05, 3.63) is 28.8 Å². The van der Waals surface area contributed by atoms with Gasteiger partial charge in [0.15, 0.2) is 0 Å². The molecule has 21 heavy (non-hydrogen) atoms. The molecule has 0 unspecified atom stereocenters. The van der Waals surface area contributed by atoms with Gasteiger partial charge in [0.2, 0.25) is 10.0 Å². The van der Waals surface area contributed by atoms with E-state index in [1.54, 1.807) is 25.6 Å². The molecule has 0 heterocycles. The number of aromatic carboxylic acids is 1. The molecule has 0 radical (unpaired) electrons. The van der Waals surface area contributed by atoms with Crippen LogP contribution in [0.5, 0.6) is 0 Å². The van der Waals surface area contributed by atoms with E-state index >= 15 is 0 Å². The van der Waals surface area contributed by atoms with Crippen molar-refractivity contribution in [2.75, 3.05) is 18.6 Å². The first-order valence-electron chi connectivity index (χ1n) is 6.62. The number of nitrogens with one attached hydrogen (secondary N) is 1. The van der Waals surface area contributed by atoms with Gasteiger partial charge in [-0.05, 0) is 62.0 Å². The Hall–Kier alpha value is -1.05. The molecule has 0 aliphatic heterocycles. The predicted molar refractivity (Wildman–Crippen MR) is 85.7 cm³/mol. The second kappa shape index (κ2) is 7.82. The highest BCUT2D eigenvalue weighted by atomic mass is 32.2. The zero-order chi connectivity index (χ0) is 16.0. The van der Waals surface area contributed by atoms with Crippen LogP contribution < -0.4 is 4.72 Å². The molecule has 0 aromatic heterocycles. The monoisotopic (exact) mass is 331 g/mol. The topological polar surface area (TPSA) is 83.5 Å². The molecule has 2 N–H and O–H groups in total. The maximum atomic E-state index is 12.3. The van der Waals surface area contributed by atoms with Gasteiger partial charge >= 0.3 is 5.97 Å². The molecule has 0 aliphatic rings. The van der Waals surface area contributed by atoms with Gasteiger partial charge in [0, 0.05) is 6.54 Å². The molecule has 1 rings (SSSR count). The second-order valence-corrected chi connectivity index (χ2v) is 7.54. The summed E-state index contributed by atoms with van der Waals surface area (Å²) in [6.45, 7) is 3.75. The Morgan fingerprint density at radius 2 is 1.95 bits per heavy atom. The van der Waals surface area contributed by atoms with Crippen LogP contribution in [0.1, 0.15) is 34.3 Å². The van der Waals surface area contributed by atoms with E-state index < -0.39 is 16.0 Å². The molecule has 0 spiro atoms. The number of hydrogen-bond acceptors (Lipinski definition) is 4. The number of carbonyl (C=O) groups is 1. The Morgan fingerprint density at radius 1 is 1.29 bits per heavy atom. The maximum Gasteiger partial charge on any atom is 0.335 e. The number of carboxylic acid groups (broad SMARTS) is 1. The van der Waals surface area contributed by atoms with E-state index in [-0.39, 0.29) is 10.5 Å². The average Bonchev–Trinajstić information content (AvgIpc) is 2.40. The van der Waals surface area contributed by atoms with Gasteiger partial charge in [-0.25, -0.2) is 17.9 Å². The van der Waals surface area contributed by atoms with Crippen molar-refractivity contribution in [2.45, 2.75) is 31.6 Å². The molecule has 118 valence electrons. The van der Waals surface area contributed by atoms with Crippen LogP contribution in [0.15, 0.2) is 17.0 Å². The number of hydrogen-bond donors (Lipinski definition) is 2. The fraction of sp³-hybridized carbons (Fsp3) is 0.500. The van der Waals surface area contributed by atoms with Gasteiger partial charge < -0.3 is 5.11 Å². The molecule has 0 saturated carbocycles. The van der Waals surface area contributed by atoms with Gasteiger partial charge in [0.05, 0.1) is 10.5 Å². The van der Waals surface area contributed by atoms with Crippen LogP contribution in [0.2, 0.25) is 0 Å². The molecule has 1 aromatic rings. The van der Waals surface area contributed by atoms with Gasteiger partial charge in [-0.1, -0.05) is 0 Å². The summed E-state index contributed by atoms with van der Waals surface area (Å²) in [7, 11) is -3.68. The summed E-state index contributed by atoms with van der Waals surface area (Å²) in [5, 5.41) is 9.05. The van der Waals surface area contributed by atoms with E-state index in [1.165, 1.54) is 12.1 Å². The quantitative estimate of drug-likeness (QED) is 0.715. The molecule has 0 fully saturated rings. The van der Waals surface area contributed by atoms with Crippen LogP contribution in [0.3, 0.4) is 0 Å². The first-order chi connectivity index (χ1) is 9.79. The summed E-state index contributed by atoms with van der Waals surface area (Å²) in [5.74, 6) is -0.136. The third-order valence-electron chi connectivity index (χ3n) is 3.22. The molecule has 7 heteroatoms. The number of unbranched alkanes of at least 4 members (excludes halogenated alkanes) is 1. The number of carboxylic acids is 1. The molecule has 1 aromatic carbocycles. The predicted octanol–water partition coefficient (Wildman–Crippen LogP) is 2.42. The number of thioether (sulfide) groups is 1. The van der Waals surface area contributed by atoms with Gasteiger partial charge in [-0.2, -0.15) is 11.8 Å². The van der Waals surface area contributed by atoms with Crippen molar-refractivity contribution in [1.29, 1.82) is 0 Å². The van der Waals surface area contributed by atoms with Gasteiger partial charge in [0.1, 0.15) is 0 Å². The molecule has 0 saturated heterocycles. The minimum atomic E-state index is -3.68. The highest BCUT2D eigenvalue weighted by Gasteiger charge is 2.20. The largest absolute Gasteiger partial charge is 0.478 e. The Kier molecular flexibility index (Phi) is 6.70. The molecule has 0 aliphatic carbocycles. The maximum absolute atomic E-state index is 12.3. The summed E-state index contributed by atoms with van der Waals surface area (Å²) in [4.78, 5) is 11.1. The normalized spacial score (nSPS) is 11.6. The lowest BCUT2D eigenvalue weighted by atomic mass is 10.1. The van der Waals surface area contributed by atoms with Gasteiger partial charge in [-0.15, -0.1) is 0 Å². The van der Waals surface area contributed by atoms with Crippen LogP contribution in [0, 0.1) is 13.8 Å². The zero-order valence-corrected chi connectivity index (χ0v) is 14.1. The van der Waals surface area contributed by atoms with Crippen LogP contribution in [0.25, 0.3) is 0 Å². The van der Waals surface area contributed by atoms with E-state index in [9.17, 15) is 13.2 Å². The van der Waals surface area contributed by atoms with Crippen molar-refractivity contribution in [3.63, 3.8) is 0 Å². The van der Waals surface area contributed by atoms with Crippen LogP contribution in [0.4, 0.5) is 0 Å². The molecule has 5 nitrogen and oxygen atoms in total. The smallest absolute Gasteiger partial charge is 0.335 e. The van der Waals surface area contributed by atoms with E-state index in [0.717, 1.165) is 18.6 Å². The van der Waals surface area contributed by atoms with E-state index in [1.807, 2.05) is 6.26 Å². The second-order valence-electron chi connectivity index (χ2n) is 4.82. The molecular weight excluding hydrogens is 310 g/mol. The molecule has 0 atom stereocenters. The first-order valence-corrected chi connectivity index (χ1v) is 9.50. The lowest BCUT2D eigenvalue weighted by Crippen LogP contribution is -2.26. The van der Waals surface area contributed by atoms with Crippen LogP contribution >= 0.6 is 11.8 Å². The fourth-order valence-electron chi connectivity index (χ4n) is 1.89. The van der Waals surface area contributed by atoms with Crippen molar-refractivity contribution in [2.24, 2.45) is 0 Å². The number of benzene rings is 1. The van der Waals surface area contributed by atoms with E-state index in [4.69, 9.17) is 5.11 Å². The van der Waals surface area contributed by atoms with Crippen molar-refractivity contribution >= 4 is 27.8 Å². The first kappa shape index (κ1) is 18.0. The highest BCUT2D eigenvalue weighted by molar-refractivity contribution is 7.98. The Balaban J connectivity index is 2.94. The van der Waals surface area contributed by atoms with E-state index in [2.05, 4.69) is 4.72 Å². The van der Waals surface area contributed by atoms with Crippen LogP contribution in [-0.2, 0) is 10.0 Å². The third kappa shape index (κ3) is 5.01. The van der Waals surface area contributed by atoms with Crippen molar-refractivity contribution < 1.29 is 18.3 Å². The zero-order valence-electron chi connectivity index (χ0n) is 12.5. The summed E-state index contributed by atoms with van der Waals surface area (Å²) < 4.78 is 27.1. The number of sulfonamides is 1. The molecule has 0 bridgehead atoms. The summed E-state index contributed by atoms with van der Waals surface area (Å²) in [5.41, 5.74) is 1.22. The minimum absolute atomic E-state index is 0.0131. The summed E-state index contributed by atoms with van der Waals surface area (Å²) in [6, 6.07) is 2.70. The number of aryl methyl sites for hydroxylation is 1. The molecular formula is C14H21NO4S2. The standard InChI is InChI=1S/C14H21NO4S2/c1-10-8-12(14(16)17)9-13(11(10)2)21(18,19)15-6-4-5-7-20-3/h8-9,15H,4-7H2,1-3H3,(H,16,17). The SMILES string of the molecule is CSCCCCNS(=O)(=O)c1cc(C(=O)O)cc(C)c1C. The van der Waals surface area contributed by atoms with Crippen LogP contribution in [-0.4, -0.2) is 38.0 Å². The van der Waals surface area contributed by atoms with Crippen molar-refractivity contribution in [3.8, 4) is 0 Å². The average molecular weight is 331 g/mol. The lowest BCUT2D eigenvalue weighted by molar-refractivity contribution is 0.0696. The Bertz CT molecular complexity index is 612. The van der Waals surface area contributed by atoms with Gasteiger partial charge in [-0.3, -0.25) is 0 Å². The summed E-state index contributed by atoms with van der Waals surface area (Å²) >= 11 is 1.72.